The predicted molar refractivity (Wildman–Crippen MR) is 75.0 cm³/mol. The number of aromatic carboxylic acids is 1. The van der Waals surface area contributed by atoms with E-state index in [9.17, 15) is 9.59 Å². The second-order valence-electron chi connectivity index (χ2n) is 4.82. The zero-order valence-electron chi connectivity index (χ0n) is 11.7. The number of aromatic nitrogens is 3. The molecule has 1 amide bonds. The monoisotopic (exact) mass is 302 g/mol. The molecule has 0 saturated heterocycles. The summed E-state index contributed by atoms with van der Waals surface area (Å²) in [6.07, 6.45) is 2.13. The van der Waals surface area contributed by atoms with Gasteiger partial charge in [0.25, 0.3) is 5.91 Å². The molecule has 0 spiro atoms. The third-order valence-corrected chi connectivity index (χ3v) is 3.34. The summed E-state index contributed by atoms with van der Waals surface area (Å²) in [5, 5.41) is 18.7. The number of carboxylic acids is 1. The first kappa shape index (κ1) is 14.1. The van der Waals surface area contributed by atoms with E-state index in [1.165, 1.54) is 10.9 Å². The van der Waals surface area contributed by atoms with Gasteiger partial charge in [-0.2, -0.15) is 0 Å². The molecule has 0 radical (unpaired) electrons. The minimum Gasteiger partial charge on any atom is -0.492 e. The molecule has 0 bridgehead atoms. The zero-order valence-corrected chi connectivity index (χ0v) is 11.7. The molecule has 0 aliphatic carbocycles. The van der Waals surface area contributed by atoms with E-state index >= 15 is 0 Å². The second-order valence-corrected chi connectivity index (χ2v) is 4.82. The van der Waals surface area contributed by atoms with Crippen molar-refractivity contribution in [1.82, 2.24) is 20.3 Å². The van der Waals surface area contributed by atoms with Gasteiger partial charge in [0, 0.05) is 13.0 Å². The SMILES string of the molecule is O=C(O)c1cn(CCNC(=O)c2cccc3c2OCC3)nn1. The molecule has 3 rings (SSSR count). The van der Waals surface area contributed by atoms with Crippen LogP contribution in [0.3, 0.4) is 0 Å². The predicted octanol–water partition coefficient (Wildman–Crippen LogP) is 0.341. The quantitative estimate of drug-likeness (QED) is 0.825. The number of nitrogens with zero attached hydrogens (tertiary/aromatic N) is 3. The number of fused-ring (bicyclic) bond motifs is 1. The fourth-order valence-corrected chi connectivity index (χ4v) is 2.28. The highest BCUT2D eigenvalue weighted by Crippen LogP contribution is 2.29. The molecule has 1 aromatic carbocycles. The van der Waals surface area contributed by atoms with E-state index in [0.29, 0.717) is 31.0 Å². The lowest BCUT2D eigenvalue weighted by atomic mass is 10.1. The third-order valence-electron chi connectivity index (χ3n) is 3.34. The summed E-state index contributed by atoms with van der Waals surface area (Å²) < 4.78 is 6.86. The van der Waals surface area contributed by atoms with E-state index in [1.54, 1.807) is 6.07 Å². The van der Waals surface area contributed by atoms with Crippen molar-refractivity contribution >= 4 is 11.9 Å². The molecular weight excluding hydrogens is 288 g/mol. The number of para-hydroxylation sites is 1. The molecule has 0 saturated carbocycles. The summed E-state index contributed by atoms with van der Waals surface area (Å²) in [4.78, 5) is 22.9. The molecule has 8 heteroatoms. The van der Waals surface area contributed by atoms with Crippen molar-refractivity contribution in [3.63, 3.8) is 0 Å². The number of ether oxygens (including phenoxy) is 1. The Balaban J connectivity index is 1.59. The minimum atomic E-state index is -1.13. The average molecular weight is 302 g/mol. The summed E-state index contributed by atoms with van der Waals surface area (Å²) in [7, 11) is 0. The van der Waals surface area contributed by atoms with Crippen LogP contribution in [0.4, 0.5) is 0 Å². The molecule has 22 heavy (non-hydrogen) atoms. The first-order valence-corrected chi connectivity index (χ1v) is 6.81. The van der Waals surface area contributed by atoms with Crippen LogP contribution >= 0.6 is 0 Å². The van der Waals surface area contributed by atoms with Gasteiger partial charge in [0.05, 0.1) is 24.9 Å². The Morgan fingerprint density at radius 2 is 2.27 bits per heavy atom. The summed E-state index contributed by atoms with van der Waals surface area (Å²) in [6.45, 7) is 1.24. The molecule has 2 N–H and O–H groups in total. The average Bonchev–Trinajstić information content (AvgIpc) is 3.15. The summed E-state index contributed by atoms with van der Waals surface area (Å²) in [5.41, 5.74) is 1.43. The highest BCUT2D eigenvalue weighted by Gasteiger charge is 2.20. The summed E-state index contributed by atoms with van der Waals surface area (Å²) in [5.74, 6) is -0.710. The van der Waals surface area contributed by atoms with Crippen LogP contribution in [0.1, 0.15) is 26.4 Å². The first-order valence-electron chi connectivity index (χ1n) is 6.81. The smallest absolute Gasteiger partial charge is 0.358 e. The van der Waals surface area contributed by atoms with Crippen LogP contribution < -0.4 is 10.1 Å². The molecule has 114 valence electrons. The van der Waals surface area contributed by atoms with Crippen molar-refractivity contribution in [2.45, 2.75) is 13.0 Å². The number of hydrogen-bond donors (Lipinski definition) is 2. The van der Waals surface area contributed by atoms with Gasteiger partial charge >= 0.3 is 5.97 Å². The van der Waals surface area contributed by atoms with Crippen LogP contribution in [0.15, 0.2) is 24.4 Å². The van der Waals surface area contributed by atoms with E-state index in [4.69, 9.17) is 9.84 Å². The second kappa shape index (κ2) is 5.84. The lowest BCUT2D eigenvalue weighted by Gasteiger charge is -2.08. The van der Waals surface area contributed by atoms with Gasteiger partial charge in [-0.25, -0.2) is 9.48 Å². The zero-order chi connectivity index (χ0) is 15.5. The standard InChI is InChI=1S/C14H14N4O4/c19-13(10-3-1-2-9-4-7-22-12(9)10)15-5-6-18-8-11(14(20)21)16-17-18/h1-3,8H,4-7H2,(H,15,19)(H,20,21). The number of carbonyl (C=O) groups is 2. The fourth-order valence-electron chi connectivity index (χ4n) is 2.28. The molecule has 1 aliphatic heterocycles. The van der Waals surface area contributed by atoms with Crippen molar-refractivity contribution in [3.8, 4) is 5.75 Å². The van der Waals surface area contributed by atoms with Crippen molar-refractivity contribution in [3.05, 3.63) is 41.2 Å². The van der Waals surface area contributed by atoms with E-state index in [-0.39, 0.29) is 11.6 Å². The maximum atomic E-state index is 12.2. The van der Waals surface area contributed by atoms with E-state index < -0.39 is 5.97 Å². The highest BCUT2D eigenvalue weighted by molar-refractivity contribution is 5.97. The van der Waals surface area contributed by atoms with Crippen LogP contribution in [0.25, 0.3) is 0 Å². The Labute approximate surface area is 125 Å². The number of benzene rings is 1. The number of amides is 1. The molecule has 0 unspecified atom stereocenters. The molecule has 1 aliphatic rings. The number of rotatable bonds is 5. The van der Waals surface area contributed by atoms with Gasteiger partial charge in [-0.1, -0.05) is 17.3 Å². The molecule has 1 aromatic heterocycles. The summed E-state index contributed by atoms with van der Waals surface area (Å²) in [6, 6.07) is 5.50. The Hall–Kier alpha value is -2.90. The third kappa shape index (κ3) is 2.76. The van der Waals surface area contributed by atoms with Crippen molar-refractivity contribution in [2.24, 2.45) is 0 Å². The molecular formula is C14H14N4O4. The number of carboxylic acid groups (broad SMARTS) is 1. The Morgan fingerprint density at radius 1 is 1.41 bits per heavy atom. The van der Waals surface area contributed by atoms with Gasteiger partial charge < -0.3 is 15.2 Å². The van der Waals surface area contributed by atoms with Crippen LogP contribution in [0.2, 0.25) is 0 Å². The van der Waals surface area contributed by atoms with Gasteiger partial charge in [0.2, 0.25) is 0 Å². The van der Waals surface area contributed by atoms with Crippen LogP contribution in [-0.2, 0) is 13.0 Å². The Bertz CT molecular complexity index is 725. The largest absolute Gasteiger partial charge is 0.492 e. The molecule has 0 atom stereocenters. The number of nitrogens with one attached hydrogen (secondary N) is 1. The molecule has 2 aromatic rings. The fraction of sp³-hybridized carbons (Fsp3) is 0.286. The van der Waals surface area contributed by atoms with E-state index in [1.807, 2.05) is 12.1 Å². The van der Waals surface area contributed by atoms with Gasteiger partial charge in [-0.3, -0.25) is 4.79 Å². The van der Waals surface area contributed by atoms with Crippen molar-refractivity contribution < 1.29 is 19.4 Å². The van der Waals surface area contributed by atoms with Crippen LogP contribution in [-0.4, -0.2) is 45.1 Å². The van der Waals surface area contributed by atoms with Gasteiger partial charge in [0.1, 0.15) is 5.75 Å². The molecule has 0 fully saturated rings. The van der Waals surface area contributed by atoms with Gasteiger partial charge in [-0.05, 0) is 11.6 Å². The molecule has 2 heterocycles. The Kier molecular flexibility index (Phi) is 3.73. The first-order chi connectivity index (χ1) is 10.6. The maximum Gasteiger partial charge on any atom is 0.358 e. The molecule has 8 nitrogen and oxygen atoms in total. The lowest BCUT2D eigenvalue weighted by Crippen LogP contribution is -2.27. The maximum absolute atomic E-state index is 12.2. The van der Waals surface area contributed by atoms with E-state index in [2.05, 4.69) is 15.6 Å². The summed E-state index contributed by atoms with van der Waals surface area (Å²) >= 11 is 0. The van der Waals surface area contributed by atoms with Crippen molar-refractivity contribution in [1.29, 1.82) is 0 Å². The normalized spacial score (nSPS) is 12.5. The van der Waals surface area contributed by atoms with Crippen molar-refractivity contribution in [2.75, 3.05) is 13.2 Å². The van der Waals surface area contributed by atoms with Gasteiger partial charge in [-0.15, -0.1) is 5.10 Å². The van der Waals surface area contributed by atoms with Gasteiger partial charge in [0.15, 0.2) is 5.69 Å². The topological polar surface area (TPSA) is 106 Å². The minimum absolute atomic E-state index is 0.124. The number of hydrogen-bond acceptors (Lipinski definition) is 5. The highest BCUT2D eigenvalue weighted by atomic mass is 16.5. The Morgan fingerprint density at radius 3 is 3.05 bits per heavy atom. The van der Waals surface area contributed by atoms with Crippen LogP contribution in [0.5, 0.6) is 5.75 Å². The number of carbonyl (C=O) groups excluding carboxylic acids is 1. The lowest BCUT2D eigenvalue weighted by molar-refractivity contribution is 0.0690. The van der Waals surface area contributed by atoms with Crippen LogP contribution in [0, 0.1) is 0 Å². The van der Waals surface area contributed by atoms with E-state index in [0.717, 1.165) is 12.0 Å².